The van der Waals surface area contributed by atoms with E-state index in [9.17, 15) is 23.4 Å². The average Bonchev–Trinajstić information content (AvgIpc) is 3.30. The molecule has 6 atom stereocenters. The third kappa shape index (κ3) is 5.37. The summed E-state index contributed by atoms with van der Waals surface area (Å²) in [4.78, 5) is 0. The second-order valence-electron chi connectivity index (χ2n) is 18.0. The van der Waals surface area contributed by atoms with Crippen LogP contribution in [0.1, 0.15) is 110 Å². The van der Waals surface area contributed by atoms with Crippen LogP contribution in [0, 0.1) is 28.1 Å². The minimum absolute atomic E-state index is 0.0405. The molecule has 6 nitrogen and oxygen atoms in total. The van der Waals surface area contributed by atoms with Crippen molar-refractivity contribution < 1.29 is 51.1 Å². The van der Waals surface area contributed by atoms with Gasteiger partial charge in [0.2, 0.25) is 0 Å². The number of allylic oxidation sites excluding steroid dienone is 1. The second kappa shape index (κ2) is 10.9. The fourth-order valence-electron chi connectivity index (χ4n) is 10.2. The molecule has 1 spiro atoms. The van der Waals surface area contributed by atoms with Gasteiger partial charge in [-0.2, -0.15) is 22.0 Å². The third-order valence-electron chi connectivity index (χ3n) is 13.2. The standard InChI is InChI=1S/C38H51F5O6/c1-30(2)19-46-33(6,47-20-30)24-9-7-23(8-10-24)26-17-32(5)27(13-16-36(32,45)37(39,40)38(41,42)43)25-11-14-34(44)18-35(15-12-28(34)29(25)26)48-21-31(3,4)22-49-35/h7-10,25-27,44-45H,11-22H2,1-6H3/t25-,26+,27-,32-,34+,36-/m0/s1. The lowest BCUT2D eigenvalue weighted by Gasteiger charge is -2.59. The van der Waals surface area contributed by atoms with Gasteiger partial charge in [-0.15, -0.1) is 0 Å². The molecular formula is C38H51F5O6. The van der Waals surface area contributed by atoms with Gasteiger partial charge < -0.3 is 29.2 Å². The molecule has 0 radical (unpaired) electrons. The zero-order chi connectivity index (χ0) is 35.7. The van der Waals surface area contributed by atoms with E-state index in [1.165, 1.54) is 6.92 Å². The minimum Gasteiger partial charge on any atom is -0.385 e. The number of aliphatic hydroxyl groups is 2. The summed E-state index contributed by atoms with van der Waals surface area (Å²) in [6, 6.07) is 7.47. The van der Waals surface area contributed by atoms with Crippen LogP contribution < -0.4 is 0 Å². The Kier molecular flexibility index (Phi) is 7.99. The molecular weight excluding hydrogens is 647 g/mol. The van der Waals surface area contributed by atoms with Crippen LogP contribution in [0.5, 0.6) is 0 Å². The van der Waals surface area contributed by atoms with Crippen molar-refractivity contribution in [1.82, 2.24) is 0 Å². The van der Waals surface area contributed by atoms with Crippen LogP contribution in [0.2, 0.25) is 0 Å². The first kappa shape index (κ1) is 35.8. The Balaban J connectivity index is 1.30. The van der Waals surface area contributed by atoms with Gasteiger partial charge in [-0.1, -0.05) is 64.5 Å². The normalized spacial score (nSPS) is 39.7. The smallest absolute Gasteiger partial charge is 0.385 e. The Morgan fingerprint density at radius 2 is 1.31 bits per heavy atom. The molecule has 11 heteroatoms. The van der Waals surface area contributed by atoms with Gasteiger partial charge in [0, 0.05) is 40.6 Å². The number of rotatable bonds is 3. The van der Waals surface area contributed by atoms with E-state index in [1.807, 2.05) is 31.2 Å². The SMILES string of the molecule is CC1(C)COC2(CCC3=C4[C@@H](CC[C@@]3(O)C2)[C@@H]2CC[C@@](O)(C(F)(F)C(F)(F)F)[C@@]2(C)C[C@@H]4c2ccc(C3(C)OCC(C)(C)CO3)cc2)OC1. The van der Waals surface area contributed by atoms with Crippen LogP contribution in [-0.2, 0) is 24.7 Å². The molecule has 0 aromatic heterocycles. The fourth-order valence-corrected chi connectivity index (χ4v) is 10.2. The first-order chi connectivity index (χ1) is 22.5. The Morgan fingerprint density at radius 1 is 0.735 bits per heavy atom. The Morgan fingerprint density at radius 3 is 1.88 bits per heavy atom. The van der Waals surface area contributed by atoms with Gasteiger partial charge in [0.25, 0.3) is 0 Å². The van der Waals surface area contributed by atoms with Crippen molar-refractivity contribution in [2.75, 3.05) is 26.4 Å². The molecule has 0 bridgehead atoms. The molecule has 2 saturated heterocycles. The number of alkyl halides is 5. The minimum atomic E-state index is -5.90. The Bertz CT molecular complexity index is 1480. The zero-order valence-electron chi connectivity index (χ0n) is 29.4. The van der Waals surface area contributed by atoms with Gasteiger partial charge in [-0.25, -0.2) is 0 Å². The van der Waals surface area contributed by atoms with E-state index in [-0.39, 0.29) is 36.0 Å². The molecule has 0 unspecified atom stereocenters. The summed E-state index contributed by atoms with van der Waals surface area (Å²) in [5.74, 6) is -8.82. The molecule has 0 amide bonds. The van der Waals surface area contributed by atoms with Gasteiger partial charge in [-0.05, 0) is 68.4 Å². The van der Waals surface area contributed by atoms with Crippen LogP contribution in [0.3, 0.4) is 0 Å². The van der Waals surface area contributed by atoms with Crippen LogP contribution in [0.25, 0.3) is 0 Å². The maximum atomic E-state index is 15.4. The predicted octanol–water partition coefficient (Wildman–Crippen LogP) is 8.16. The Hall–Kier alpha value is -1.63. The lowest BCUT2D eigenvalue weighted by atomic mass is 9.49. The van der Waals surface area contributed by atoms with Crippen molar-refractivity contribution in [3.8, 4) is 0 Å². The van der Waals surface area contributed by atoms with E-state index < -0.39 is 58.5 Å². The fraction of sp³-hybridized carbons (Fsp3) is 0.789. The van der Waals surface area contributed by atoms with Crippen LogP contribution in [0.4, 0.5) is 22.0 Å². The van der Waals surface area contributed by atoms with Crippen molar-refractivity contribution in [3.63, 3.8) is 0 Å². The van der Waals surface area contributed by atoms with Crippen LogP contribution in [0.15, 0.2) is 35.4 Å². The highest BCUT2D eigenvalue weighted by Gasteiger charge is 2.79. The van der Waals surface area contributed by atoms with Crippen LogP contribution in [-0.4, -0.2) is 65.7 Å². The molecule has 274 valence electrons. The number of benzene rings is 1. The highest BCUT2D eigenvalue weighted by atomic mass is 19.4. The van der Waals surface area contributed by atoms with E-state index in [0.29, 0.717) is 52.1 Å². The second-order valence-corrected chi connectivity index (χ2v) is 18.0. The van der Waals surface area contributed by atoms with E-state index in [0.717, 1.165) is 22.3 Å². The molecule has 2 aliphatic heterocycles. The maximum Gasteiger partial charge on any atom is 0.456 e. The number of hydrogen-bond donors (Lipinski definition) is 2. The van der Waals surface area contributed by atoms with Gasteiger partial charge in [0.05, 0.1) is 32.0 Å². The lowest BCUT2D eigenvalue weighted by Crippen LogP contribution is -2.65. The highest BCUT2D eigenvalue weighted by molar-refractivity contribution is 5.45. The predicted molar refractivity (Wildman–Crippen MR) is 171 cm³/mol. The molecule has 3 saturated carbocycles. The summed E-state index contributed by atoms with van der Waals surface area (Å²) >= 11 is 0. The summed E-state index contributed by atoms with van der Waals surface area (Å²) in [5, 5.41) is 24.1. The van der Waals surface area contributed by atoms with Crippen molar-refractivity contribution in [2.24, 2.45) is 28.1 Å². The van der Waals surface area contributed by atoms with E-state index >= 15 is 8.78 Å². The van der Waals surface area contributed by atoms with E-state index in [4.69, 9.17) is 18.9 Å². The lowest BCUT2D eigenvalue weighted by molar-refractivity contribution is -0.362. The van der Waals surface area contributed by atoms with Crippen molar-refractivity contribution >= 4 is 0 Å². The Labute approximate surface area is 285 Å². The van der Waals surface area contributed by atoms with Gasteiger partial charge in [0.15, 0.2) is 11.6 Å². The van der Waals surface area contributed by atoms with Gasteiger partial charge in [0.1, 0.15) is 5.60 Å². The number of halogens is 5. The van der Waals surface area contributed by atoms with Crippen molar-refractivity contribution in [3.05, 3.63) is 46.5 Å². The monoisotopic (exact) mass is 698 g/mol. The van der Waals surface area contributed by atoms with Gasteiger partial charge in [-0.3, -0.25) is 0 Å². The summed E-state index contributed by atoms with van der Waals surface area (Å²) in [7, 11) is 0. The molecule has 6 aliphatic rings. The molecule has 49 heavy (non-hydrogen) atoms. The van der Waals surface area contributed by atoms with Crippen molar-refractivity contribution in [2.45, 2.75) is 134 Å². The molecule has 2 N–H and O–H groups in total. The summed E-state index contributed by atoms with van der Waals surface area (Å²) in [6.45, 7) is 13.5. The average molecular weight is 699 g/mol. The zero-order valence-corrected chi connectivity index (χ0v) is 29.4. The number of fused-ring (bicyclic) bond motifs is 4. The summed E-state index contributed by atoms with van der Waals surface area (Å²) in [5.41, 5.74) is -3.35. The van der Waals surface area contributed by atoms with Gasteiger partial charge >= 0.3 is 12.1 Å². The largest absolute Gasteiger partial charge is 0.456 e. The molecule has 4 aliphatic carbocycles. The first-order valence-electron chi connectivity index (χ1n) is 17.8. The van der Waals surface area contributed by atoms with Crippen LogP contribution >= 0.6 is 0 Å². The highest BCUT2D eigenvalue weighted by Crippen LogP contribution is 2.71. The third-order valence-corrected chi connectivity index (χ3v) is 13.2. The molecule has 1 aromatic carbocycles. The molecule has 7 rings (SSSR count). The number of hydrogen-bond acceptors (Lipinski definition) is 6. The number of ether oxygens (including phenoxy) is 4. The van der Waals surface area contributed by atoms with E-state index in [2.05, 4.69) is 27.7 Å². The molecule has 5 fully saturated rings. The summed E-state index contributed by atoms with van der Waals surface area (Å²) in [6.07, 6.45) is -4.73. The maximum absolute atomic E-state index is 15.4. The topological polar surface area (TPSA) is 77.4 Å². The molecule has 1 aromatic rings. The van der Waals surface area contributed by atoms with Crippen molar-refractivity contribution in [1.29, 1.82) is 0 Å². The summed E-state index contributed by atoms with van der Waals surface area (Å²) < 4.78 is 97.8. The quantitative estimate of drug-likeness (QED) is 0.245. The van der Waals surface area contributed by atoms with E-state index in [1.54, 1.807) is 0 Å². The molecule has 2 heterocycles. The first-order valence-corrected chi connectivity index (χ1v) is 17.8.